The van der Waals surface area contributed by atoms with Gasteiger partial charge in [0.2, 0.25) is 0 Å². The second-order valence-electron chi connectivity index (χ2n) is 6.01. The topological polar surface area (TPSA) is 61.4 Å². The Hall–Kier alpha value is -2.27. The number of hydrogen-bond acceptors (Lipinski definition) is 4. The highest BCUT2D eigenvalue weighted by Gasteiger charge is 2.20. The van der Waals surface area contributed by atoms with Crippen LogP contribution in [-0.4, -0.2) is 11.0 Å². The van der Waals surface area contributed by atoms with E-state index >= 15 is 0 Å². The first-order valence-corrected chi connectivity index (χ1v) is 8.51. The van der Waals surface area contributed by atoms with Gasteiger partial charge < -0.3 is 5.11 Å². The van der Waals surface area contributed by atoms with E-state index in [9.17, 15) is 9.90 Å². The third-order valence-corrected chi connectivity index (χ3v) is 5.33. The van der Waals surface area contributed by atoms with Crippen LogP contribution in [0.15, 0.2) is 36.9 Å². The molecule has 1 heterocycles. The number of aromatic hydroxyl groups is 1. The van der Waals surface area contributed by atoms with Crippen LogP contribution >= 0.6 is 11.3 Å². The van der Waals surface area contributed by atoms with Crippen LogP contribution in [0.4, 0.5) is 0 Å². The molecule has 5 heteroatoms. The Morgan fingerprint density at radius 1 is 1.30 bits per heavy atom. The number of thiophene rings is 1. The van der Waals surface area contributed by atoms with Gasteiger partial charge in [0.05, 0.1) is 10.6 Å². The highest BCUT2D eigenvalue weighted by Crippen LogP contribution is 2.32. The van der Waals surface area contributed by atoms with Crippen molar-refractivity contribution in [3.63, 3.8) is 0 Å². The van der Waals surface area contributed by atoms with Crippen molar-refractivity contribution in [2.24, 2.45) is 5.92 Å². The standard InChI is InChI=1S/C18H20N2O2S/c1-11-3-8-16-14(9-11)10-17(23-16)18(22)20-19-12(2)13-4-6-15(21)7-5-13/h4-7,10-11,19,21H,2-3,8-9H2,1H3,(H,20,22)/t11-/m1/s1. The first-order chi connectivity index (χ1) is 11.0. The lowest BCUT2D eigenvalue weighted by Gasteiger charge is -2.16. The lowest BCUT2D eigenvalue weighted by molar-refractivity contribution is 0.0946. The number of rotatable bonds is 4. The van der Waals surface area contributed by atoms with E-state index in [1.807, 2.05) is 6.07 Å². The van der Waals surface area contributed by atoms with Gasteiger partial charge in [0.25, 0.3) is 5.91 Å². The summed E-state index contributed by atoms with van der Waals surface area (Å²) in [5.74, 6) is 0.751. The van der Waals surface area contributed by atoms with Crippen LogP contribution in [0.5, 0.6) is 5.75 Å². The van der Waals surface area contributed by atoms with Crippen molar-refractivity contribution in [2.45, 2.75) is 26.2 Å². The average Bonchev–Trinajstić information content (AvgIpc) is 2.96. The molecule has 0 radical (unpaired) electrons. The Balaban J connectivity index is 1.61. The summed E-state index contributed by atoms with van der Waals surface area (Å²) in [6.45, 7) is 6.14. The summed E-state index contributed by atoms with van der Waals surface area (Å²) < 4.78 is 0. The smallest absolute Gasteiger partial charge is 0.279 e. The van der Waals surface area contributed by atoms with Crippen LogP contribution in [0.3, 0.4) is 0 Å². The van der Waals surface area contributed by atoms with E-state index in [0.717, 1.165) is 23.3 Å². The van der Waals surface area contributed by atoms with Crippen molar-refractivity contribution in [3.8, 4) is 5.75 Å². The molecular weight excluding hydrogens is 308 g/mol. The van der Waals surface area contributed by atoms with Gasteiger partial charge in [-0.05, 0) is 66.6 Å². The molecule has 2 aromatic rings. The molecule has 0 aliphatic heterocycles. The fraction of sp³-hybridized carbons (Fsp3) is 0.278. The van der Waals surface area contributed by atoms with Gasteiger partial charge in [0, 0.05) is 4.88 Å². The molecule has 0 bridgehead atoms. The molecule has 1 aromatic carbocycles. The molecule has 1 atom stereocenters. The summed E-state index contributed by atoms with van der Waals surface area (Å²) >= 11 is 1.58. The molecule has 120 valence electrons. The van der Waals surface area contributed by atoms with Gasteiger partial charge in [0.15, 0.2) is 0 Å². The van der Waals surface area contributed by atoms with E-state index in [1.165, 1.54) is 16.9 Å². The van der Waals surface area contributed by atoms with E-state index in [4.69, 9.17) is 0 Å². The van der Waals surface area contributed by atoms with Crippen molar-refractivity contribution in [1.82, 2.24) is 10.9 Å². The highest BCUT2D eigenvalue weighted by atomic mass is 32.1. The second kappa shape index (κ2) is 6.46. The molecule has 1 aliphatic carbocycles. The minimum absolute atomic E-state index is 0.142. The number of carbonyl (C=O) groups is 1. The number of hydrogen-bond donors (Lipinski definition) is 3. The minimum atomic E-state index is -0.142. The molecule has 23 heavy (non-hydrogen) atoms. The minimum Gasteiger partial charge on any atom is -0.508 e. The van der Waals surface area contributed by atoms with E-state index in [0.29, 0.717) is 11.6 Å². The summed E-state index contributed by atoms with van der Waals surface area (Å²) in [7, 11) is 0. The molecule has 0 spiro atoms. The first kappa shape index (κ1) is 15.6. The van der Waals surface area contributed by atoms with Gasteiger partial charge >= 0.3 is 0 Å². The first-order valence-electron chi connectivity index (χ1n) is 7.69. The molecule has 0 unspecified atom stereocenters. The van der Waals surface area contributed by atoms with Crippen LogP contribution in [0, 0.1) is 5.92 Å². The van der Waals surface area contributed by atoms with Crippen LogP contribution in [-0.2, 0) is 12.8 Å². The van der Waals surface area contributed by atoms with Gasteiger partial charge in [-0.15, -0.1) is 11.3 Å². The summed E-state index contributed by atoms with van der Waals surface area (Å²) in [6, 6.07) is 8.65. The van der Waals surface area contributed by atoms with Gasteiger partial charge in [-0.25, -0.2) is 0 Å². The van der Waals surface area contributed by atoms with Crippen LogP contribution in [0.1, 0.15) is 39.0 Å². The maximum absolute atomic E-state index is 12.3. The fourth-order valence-electron chi connectivity index (χ4n) is 2.75. The zero-order valence-electron chi connectivity index (χ0n) is 13.1. The highest BCUT2D eigenvalue weighted by molar-refractivity contribution is 7.14. The van der Waals surface area contributed by atoms with Gasteiger partial charge in [-0.1, -0.05) is 13.5 Å². The number of benzene rings is 1. The van der Waals surface area contributed by atoms with E-state index < -0.39 is 0 Å². The molecule has 3 N–H and O–H groups in total. The van der Waals surface area contributed by atoms with Gasteiger partial charge in [-0.2, -0.15) is 0 Å². The van der Waals surface area contributed by atoms with Crippen molar-refractivity contribution in [3.05, 3.63) is 57.8 Å². The summed E-state index contributed by atoms with van der Waals surface area (Å²) in [4.78, 5) is 14.4. The average molecular weight is 328 g/mol. The monoisotopic (exact) mass is 328 g/mol. The Morgan fingerprint density at radius 3 is 2.78 bits per heavy atom. The third kappa shape index (κ3) is 3.56. The molecule has 0 saturated carbocycles. The molecule has 1 amide bonds. The second-order valence-corrected chi connectivity index (χ2v) is 7.15. The van der Waals surface area contributed by atoms with Crippen molar-refractivity contribution < 1.29 is 9.90 Å². The normalized spacial score (nSPS) is 16.5. The van der Waals surface area contributed by atoms with Crippen LogP contribution in [0.2, 0.25) is 0 Å². The maximum Gasteiger partial charge on any atom is 0.279 e. The van der Waals surface area contributed by atoms with E-state index in [-0.39, 0.29) is 11.7 Å². The van der Waals surface area contributed by atoms with Crippen LogP contribution < -0.4 is 10.9 Å². The molecule has 0 saturated heterocycles. The Kier molecular flexibility index (Phi) is 4.39. The number of nitrogens with one attached hydrogen (secondary N) is 2. The largest absolute Gasteiger partial charge is 0.508 e. The lowest BCUT2D eigenvalue weighted by atomic mass is 9.90. The number of phenolic OH excluding ortho intramolecular Hbond substituents is 1. The predicted octanol–water partition coefficient (Wildman–Crippen LogP) is 3.48. The van der Waals surface area contributed by atoms with Crippen LogP contribution in [0.25, 0.3) is 5.70 Å². The quantitative estimate of drug-likeness (QED) is 0.753. The molecule has 3 rings (SSSR count). The van der Waals surface area contributed by atoms with Gasteiger partial charge in [0.1, 0.15) is 5.75 Å². The van der Waals surface area contributed by atoms with E-state index in [1.54, 1.807) is 35.6 Å². The number of phenols is 1. The molecule has 4 nitrogen and oxygen atoms in total. The fourth-order valence-corrected chi connectivity index (χ4v) is 3.85. The zero-order chi connectivity index (χ0) is 16.4. The number of amides is 1. The Bertz CT molecular complexity index is 734. The van der Waals surface area contributed by atoms with Crippen molar-refractivity contribution in [2.75, 3.05) is 0 Å². The van der Waals surface area contributed by atoms with Gasteiger partial charge in [-0.3, -0.25) is 15.6 Å². The number of hydrazine groups is 1. The summed E-state index contributed by atoms with van der Waals surface area (Å²) in [5, 5.41) is 9.29. The molecule has 1 aromatic heterocycles. The number of fused-ring (bicyclic) bond motifs is 1. The summed E-state index contributed by atoms with van der Waals surface area (Å²) in [6.07, 6.45) is 3.33. The molecule has 0 fully saturated rings. The predicted molar refractivity (Wildman–Crippen MR) is 93.3 cm³/mol. The van der Waals surface area contributed by atoms with Crippen molar-refractivity contribution in [1.29, 1.82) is 0 Å². The summed E-state index contributed by atoms with van der Waals surface area (Å²) in [5.41, 5.74) is 8.23. The lowest BCUT2D eigenvalue weighted by Crippen LogP contribution is -2.35. The van der Waals surface area contributed by atoms with E-state index in [2.05, 4.69) is 24.4 Å². The number of carbonyl (C=O) groups excluding carboxylic acids is 1. The molecule has 1 aliphatic rings. The zero-order valence-corrected chi connectivity index (χ0v) is 13.9. The Labute approximate surface area is 139 Å². The number of aryl methyl sites for hydroxylation is 1. The molecular formula is C18H20N2O2S. The SMILES string of the molecule is C=C(NNC(=O)c1cc2c(s1)CC[C@@H](C)C2)c1ccc(O)cc1. The van der Waals surface area contributed by atoms with Crippen molar-refractivity contribution >= 4 is 22.9 Å². The third-order valence-electron chi connectivity index (χ3n) is 4.10. The maximum atomic E-state index is 12.3. The Morgan fingerprint density at radius 2 is 2.04 bits per heavy atom.